The normalized spacial score (nSPS) is 13.5. The van der Waals surface area contributed by atoms with E-state index in [1.165, 1.54) is 38.5 Å². The van der Waals surface area contributed by atoms with Crippen LogP contribution < -0.4 is 19.7 Å². The molecular weight excluding hydrogens is 423 g/mol. The van der Waals surface area contributed by atoms with Gasteiger partial charge in [-0.3, -0.25) is 9.59 Å². The summed E-state index contributed by atoms with van der Waals surface area (Å²) < 4.78 is 24.2. The van der Waals surface area contributed by atoms with Crippen molar-refractivity contribution >= 4 is 28.8 Å². The summed E-state index contributed by atoms with van der Waals surface area (Å²) in [5, 5.41) is 3.13. The first-order chi connectivity index (χ1) is 15.8. The highest BCUT2D eigenvalue weighted by Crippen LogP contribution is 2.37. The first kappa shape index (κ1) is 22.1. The zero-order valence-corrected chi connectivity index (χ0v) is 18.7. The maximum Gasteiger partial charge on any atom is 0.282 e. The summed E-state index contributed by atoms with van der Waals surface area (Å²) in [4.78, 5) is 28.1. The van der Waals surface area contributed by atoms with Crippen molar-refractivity contribution in [3.05, 3.63) is 88.9 Å². The number of amides is 2. The first-order valence-corrected chi connectivity index (χ1v) is 10.3. The molecule has 33 heavy (non-hydrogen) atoms. The Balaban J connectivity index is 1.83. The van der Waals surface area contributed by atoms with E-state index < -0.39 is 17.6 Å². The van der Waals surface area contributed by atoms with Crippen LogP contribution in [0.5, 0.6) is 11.5 Å². The monoisotopic (exact) mass is 446 g/mol. The van der Waals surface area contributed by atoms with Crippen LogP contribution in [0.15, 0.2) is 66.4 Å². The maximum absolute atomic E-state index is 13.6. The molecule has 6 nitrogen and oxygen atoms in total. The highest BCUT2D eigenvalue weighted by Gasteiger charge is 2.40. The number of carbonyl (C=O) groups is 2. The Bertz CT molecular complexity index is 1260. The summed E-state index contributed by atoms with van der Waals surface area (Å²) in [6.45, 7) is 3.90. The molecule has 0 bridgehead atoms. The van der Waals surface area contributed by atoms with Crippen LogP contribution >= 0.6 is 0 Å². The highest BCUT2D eigenvalue weighted by atomic mass is 19.1. The van der Waals surface area contributed by atoms with E-state index in [4.69, 9.17) is 9.47 Å². The SMILES string of the molecule is COc1ccc(N2C(=O)C(Nc3cc(C)cc(C)c3)=C(c3ccc(F)cc3)C2=O)cc1OC. The second-order valence-corrected chi connectivity index (χ2v) is 7.74. The Morgan fingerprint density at radius 1 is 0.788 bits per heavy atom. The molecule has 4 rings (SSSR count). The van der Waals surface area contributed by atoms with E-state index in [0.717, 1.165) is 16.0 Å². The number of nitrogens with zero attached hydrogens (tertiary/aromatic N) is 1. The summed E-state index contributed by atoms with van der Waals surface area (Å²) in [7, 11) is 2.98. The molecule has 0 unspecified atom stereocenters. The minimum atomic E-state index is -0.522. The number of carbonyl (C=O) groups excluding carboxylic acids is 2. The number of nitrogens with one attached hydrogen (secondary N) is 1. The van der Waals surface area contributed by atoms with Gasteiger partial charge in [0.2, 0.25) is 0 Å². The van der Waals surface area contributed by atoms with Crippen LogP contribution in [0.4, 0.5) is 15.8 Å². The number of hydrogen-bond donors (Lipinski definition) is 1. The number of halogens is 1. The zero-order valence-electron chi connectivity index (χ0n) is 18.7. The molecule has 3 aromatic rings. The van der Waals surface area contributed by atoms with E-state index in [9.17, 15) is 14.0 Å². The number of rotatable bonds is 6. The number of ether oxygens (including phenoxy) is 2. The van der Waals surface area contributed by atoms with Crippen molar-refractivity contribution in [1.82, 2.24) is 0 Å². The molecule has 1 N–H and O–H groups in total. The topological polar surface area (TPSA) is 67.9 Å². The van der Waals surface area contributed by atoms with Gasteiger partial charge in [-0.1, -0.05) is 18.2 Å². The van der Waals surface area contributed by atoms with Crippen LogP contribution in [0, 0.1) is 19.7 Å². The van der Waals surface area contributed by atoms with Gasteiger partial charge in [-0.05, 0) is 66.9 Å². The minimum absolute atomic E-state index is 0.117. The predicted molar refractivity (Wildman–Crippen MR) is 125 cm³/mol. The third kappa shape index (κ3) is 4.17. The minimum Gasteiger partial charge on any atom is -0.493 e. The van der Waals surface area contributed by atoms with Gasteiger partial charge in [-0.25, -0.2) is 9.29 Å². The average molecular weight is 446 g/mol. The summed E-state index contributed by atoms with van der Waals surface area (Å²) in [5.74, 6) is -0.622. The number of imide groups is 1. The number of benzene rings is 3. The molecule has 1 aliphatic heterocycles. The zero-order chi connectivity index (χ0) is 23.7. The lowest BCUT2D eigenvalue weighted by atomic mass is 10.0. The van der Waals surface area contributed by atoms with Crippen molar-refractivity contribution in [1.29, 1.82) is 0 Å². The van der Waals surface area contributed by atoms with Crippen LogP contribution in [0.2, 0.25) is 0 Å². The Morgan fingerprint density at radius 3 is 2.03 bits per heavy atom. The van der Waals surface area contributed by atoms with Crippen molar-refractivity contribution < 1.29 is 23.5 Å². The van der Waals surface area contributed by atoms with E-state index in [1.807, 2.05) is 32.0 Å². The lowest BCUT2D eigenvalue weighted by Gasteiger charge is -2.17. The van der Waals surface area contributed by atoms with Crippen molar-refractivity contribution in [2.45, 2.75) is 13.8 Å². The standard InChI is InChI=1S/C26H23FN2O4/c1-15-11-16(2)13-19(12-15)28-24-23(17-5-7-18(27)8-6-17)25(30)29(26(24)31)20-9-10-21(32-3)22(14-20)33-4/h5-14,28H,1-4H3. The Labute approximate surface area is 191 Å². The lowest BCUT2D eigenvalue weighted by Crippen LogP contribution is -2.32. The molecule has 0 spiro atoms. The van der Waals surface area contributed by atoms with E-state index in [1.54, 1.807) is 18.2 Å². The number of methoxy groups -OCH3 is 2. The largest absolute Gasteiger partial charge is 0.493 e. The van der Waals surface area contributed by atoms with Crippen LogP contribution in [-0.2, 0) is 9.59 Å². The van der Waals surface area contributed by atoms with Gasteiger partial charge in [0.1, 0.15) is 11.5 Å². The fourth-order valence-electron chi connectivity index (χ4n) is 3.92. The van der Waals surface area contributed by atoms with Crippen LogP contribution in [0.25, 0.3) is 5.57 Å². The molecule has 0 fully saturated rings. The van der Waals surface area contributed by atoms with Gasteiger partial charge in [0.05, 0.1) is 25.5 Å². The van der Waals surface area contributed by atoms with E-state index in [0.29, 0.717) is 28.4 Å². The Morgan fingerprint density at radius 2 is 1.42 bits per heavy atom. The Kier molecular flexibility index (Phi) is 5.87. The van der Waals surface area contributed by atoms with Crippen LogP contribution in [-0.4, -0.2) is 26.0 Å². The molecule has 168 valence electrons. The molecule has 0 aliphatic carbocycles. The van der Waals surface area contributed by atoms with Gasteiger partial charge >= 0.3 is 0 Å². The van der Waals surface area contributed by atoms with Gasteiger partial charge in [0, 0.05) is 11.8 Å². The maximum atomic E-state index is 13.6. The molecule has 0 atom stereocenters. The van der Waals surface area contributed by atoms with Gasteiger partial charge in [0.25, 0.3) is 11.8 Å². The van der Waals surface area contributed by atoms with Gasteiger partial charge in [0.15, 0.2) is 11.5 Å². The fourth-order valence-corrected chi connectivity index (χ4v) is 3.92. The van der Waals surface area contributed by atoms with E-state index >= 15 is 0 Å². The second kappa shape index (κ2) is 8.78. The number of hydrogen-bond acceptors (Lipinski definition) is 5. The smallest absolute Gasteiger partial charge is 0.282 e. The van der Waals surface area contributed by atoms with Crippen LogP contribution in [0.1, 0.15) is 16.7 Å². The molecule has 2 amide bonds. The quantitative estimate of drug-likeness (QED) is 0.548. The Hall–Kier alpha value is -4.13. The molecule has 0 saturated carbocycles. The number of aryl methyl sites for hydroxylation is 2. The fraction of sp³-hybridized carbons (Fsp3) is 0.154. The molecule has 1 heterocycles. The van der Waals surface area contributed by atoms with E-state index in [2.05, 4.69) is 5.32 Å². The predicted octanol–water partition coefficient (Wildman–Crippen LogP) is 4.86. The third-order valence-electron chi connectivity index (χ3n) is 5.33. The molecular formula is C26H23FN2O4. The molecule has 1 aliphatic rings. The third-order valence-corrected chi connectivity index (χ3v) is 5.33. The average Bonchev–Trinajstić information content (AvgIpc) is 3.02. The van der Waals surface area contributed by atoms with Crippen molar-refractivity contribution in [2.75, 3.05) is 24.4 Å². The summed E-state index contributed by atoms with van der Waals surface area (Å²) in [6.07, 6.45) is 0. The van der Waals surface area contributed by atoms with Gasteiger partial charge in [-0.2, -0.15) is 0 Å². The first-order valence-electron chi connectivity index (χ1n) is 10.3. The highest BCUT2D eigenvalue weighted by molar-refractivity contribution is 6.46. The second-order valence-electron chi connectivity index (χ2n) is 7.74. The lowest BCUT2D eigenvalue weighted by molar-refractivity contribution is -0.120. The number of anilines is 2. The van der Waals surface area contributed by atoms with E-state index in [-0.39, 0.29) is 11.3 Å². The van der Waals surface area contributed by atoms with Crippen molar-refractivity contribution in [3.8, 4) is 11.5 Å². The summed E-state index contributed by atoms with van der Waals surface area (Å²) in [6, 6.07) is 16.1. The summed E-state index contributed by atoms with van der Waals surface area (Å²) in [5.41, 5.74) is 3.74. The van der Waals surface area contributed by atoms with Crippen molar-refractivity contribution in [2.24, 2.45) is 0 Å². The molecule has 0 aromatic heterocycles. The molecule has 0 saturated heterocycles. The van der Waals surface area contributed by atoms with Crippen molar-refractivity contribution in [3.63, 3.8) is 0 Å². The molecule has 7 heteroatoms. The molecule has 3 aromatic carbocycles. The van der Waals surface area contributed by atoms with Gasteiger partial charge < -0.3 is 14.8 Å². The molecule has 0 radical (unpaired) electrons. The summed E-state index contributed by atoms with van der Waals surface area (Å²) >= 11 is 0. The van der Waals surface area contributed by atoms with Crippen LogP contribution in [0.3, 0.4) is 0 Å². The van der Waals surface area contributed by atoms with Gasteiger partial charge in [-0.15, -0.1) is 0 Å².